The van der Waals surface area contributed by atoms with Gasteiger partial charge in [-0.05, 0) is 59.7 Å². The molecule has 2 aromatic heterocycles. The summed E-state index contributed by atoms with van der Waals surface area (Å²) < 4.78 is 56.1. The van der Waals surface area contributed by atoms with Gasteiger partial charge in [0.05, 0.1) is 11.0 Å². The maximum atomic E-state index is 14.1. The van der Waals surface area contributed by atoms with Crippen molar-refractivity contribution in [1.29, 1.82) is 5.26 Å². The van der Waals surface area contributed by atoms with Gasteiger partial charge in [-0.25, -0.2) is 9.37 Å². The second-order valence-electron chi connectivity index (χ2n) is 8.24. The molecule has 0 bridgehead atoms. The van der Waals surface area contributed by atoms with E-state index < -0.39 is 35.9 Å². The normalized spacial score (nSPS) is 14.5. The van der Waals surface area contributed by atoms with Crippen LogP contribution >= 0.6 is 0 Å². The average molecular weight is 419 g/mol. The number of aryl methyl sites for hydroxylation is 1. The summed E-state index contributed by atoms with van der Waals surface area (Å²) in [6.07, 6.45) is -4.92. The molecule has 3 rings (SSSR count). The van der Waals surface area contributed by atoms with Crippen LogP contribution < -0.4 is 0 Å². The van der Waals surface area contributed by atoms with E-state index in [2.05, 4.69) is 9.97 Å². The number of fused-ring (bicyclic) bond motifs is 1. The number of benzene rings is 1. The highest BCUT2D eigenvalue weighted by Crippen LogP contribution is 2.44. The number of aromatic amines is 1. The highest BCUT2D eigenvalue weighted by atomic mass is 19.4. The Bertz CT molecular complexity index is 1130. The quantitative estimate of drug-likeness (QED) is 0.566. The zero-order valence-electron chi connectivity index (χ0n) is 16.7. The molecule has 0 amide bonds. The van der Waals surface area contributed by atoms with Gasteiger partial charge in [-0.1, -0.05) is 19.9 Å². The van der Waals surface area contributed by atoms with E-state index in [-0.39, 0.29) is 11.3 Å². The summed E-state index contributed by atoms with van der Waals surface area (Å²) in [5.41, 5.74) is -2.51. The van der Waals surface area contributed by atoms with Crippen molar-refractivity contribution in [2.45, 2.75) is 50.8 Å². The SMILES string of the molecule is Cc1ccc(F)cc1C(C)(C)CC(O)(Cc1cc(C#N)nc2cc[nH]c12)C(F)(F)F. The molecular weight excluding hydrogens is 398 g/mol. The van der Waals surface area contributed by atoms with Gasteiger partial charge in [0.1, 0.15) is 17.6 Å². The molecular formula is C22H21F4N3O. The number of rotatable bonds is 5. The summed E-state index contributed by atoms with van der Waals surface area (Å²) in [5.74, 6) is -0.555. The van der Waals surface area contributed by atoms with Crippen LogP contribution in [0.5, 0.6) is 0 Å². The van der Waals surface area contributed by atoms with Crippen LogP contribution in [-0.2, 0) is 11.8 Å². The Morgan fingerprint density at radius 3 is 2.50 bits per heavy atom. The molecule has 3 aromatic rings. The summed E-state index contributed by atoms with van der Waals surface area (Å²) in [7, 11) is 0. The Morgan fingerprint density at radius 2 is 1.87 bits per heavy atom. The van der Waals surface area contributed by atoms with Crippen molar-refractivity contribution in [3.63, 3.8) is 0 Å². The van der Waals surface area contributed by atoms with E-state index in [1.54, 1.807) is 26.8 Å². The lowest BCUT2D eigenvalue weighted by Crippen LogP contribution is -2.51. The lowest BCUT2D eigenvalue weighted by atomic mass is 9.72. The number of halogens is 4. The monoisotopic (exact) mass is 419 g/mol. The number of aliphatic hydroxyl groups is 1. The Hall–Kier alpha value is -2.92. The molecule has 2 N–H and O–H groups in total. The second kappa shape index (κ2) is 7.40. The predicted molar refractivity (Wildman–Crippen MR) is 104 cm³/mol. The number of H-pyrrole nitrogens is 1. The smallest absolute Gasteiger partial charge is 0.380 e. The van der Waals surface area contributed by atoms with E-state index >= 15 is 0 Å². The third kappa shape index (κ3) is 4.03. The van der Waals surface area contributed by atoms with E-state index in [4.69, 9.17) is 5.26 Å². The number of alkyl halides is 3. The topological polar surface area (TPSA) is 72.7 Å². The molecule has 8 heteroatoms. The number of pyridine rings is 1. The van der Waals surface area contributed by atoms with Gasteiger partial charge in [0, 0.05) is 12.6 Å². The first-order valence-electron chi connectivity index (χ1n) is 9.29. The first kappa shape index (κ1) is 21.8. The van der Waals surface area contributed by atoms with Gasteiger partial charge in [-0.3, -0.25) is 0 Å². The Kier molecular flexibility index (Phi) is 5.37. The number of nitrogens with one attached hydrogen (secondary N) is 1. The fourth-order valence-electron chi connectivity index (χ4n) is 4.04. The van der Waals surface area contributed by atoms with Crippen LogP contribution in [0.3, 0.4) is 0 Å². The fourth-order valence-corrected chi connectivity index (χ4v) is 4.04. The molecule has 1 atom stereocenters. The van der Waals surface area contributed by atoms with Crippen molar-refractivity contribution in [1.82, 2.24) is 9.97 Å². The maximum absolute atomic E-state index is 14.1. The van der Waals surface area contributed by atoms with Gasteiger partial charge >= 0.3 is 6.18 Å². The van der Waals surface area contributed by atoms with Gasteiger partial charge in [0.2, 0.25) is 0 Å². The molecule has 0 spiro atoms. The molecule has 0 saturated heterocycles. The van der Waals surface area contributed by atoms with E-state index in [0.717, 1.165) is 0 Å². The fraction of sp³-hybridized carbons (Fsp3) is 0.364. The lowest BCUT2D eigenvalue weighted by Gasteiger charge is -2.38. The molecule has 4 nitrogen and oxygen atoms in total. The van der Waals surface area contributed by atoms with E-state index in [0.29, 0.717) is 22.2 Å². The molecule has 2 heterocycles. The summed E-state index contributed by atoms with van der Waals surface area (Å²) in [5, 5.41) is 20.0. The van der Waals surface area contributed by atoms with Crippen LogP contribution in [0.15, 0.2) is 36.5 Å². The largest absolute Gasteiger partial charge is 0.417 e. The van der Waals surface area contributed by atoms with Crippen molar-refractivity contribution in [2.24, 2.45) is 0 Å². The molecule has 0 saturated carbocycles. The molecule has 0 radical (unpaired) electrons. The van der Waals surface area contributed by atoms with E-state index in [9.17, 15) is 22.7 Å². The Morgan fingerprint density at radius 1 is 1.17 bits per heavy atom. The van der Waals surface area contributed by atoms with Gasteiger partial charge in [-0.2, -0.15) is 18.4 Å². The van der Waals surface area contributed by atoms with Crippen LogP contribution in [-0.4, -0.2) is 26.9 Å². The van der Waals surface area contributed by atoms with Crippen molar-refractivity contribution in [2.75, 3.05) is 0 Å². The third-order valence-corrected chi connectivity index (χ3v) is 5.39. The molecule has 0 aliphatic rings. The molecule has 0 aliphatic carbocycles. The molecule has 1 aromatic carbocycles. The molecule has 1 unspecified atom stereocenters. The highest BCUT2D eigenvalue weighted by Gasteiger charge is 2.56. The highest BCUT2D eigenvalue weighted by molar-refractivity contribution is 5.79. The minimum Gasteiger partial charge on any atom is -0.380 e. The zero-order valence-corrected chi connectivity index (χ0v) is 16.7. The summed E-state index contributed by atoms with van der Waals surface area (Å²) >= 11 is 0. The second-order valence-corrected chi connectivity index (χ2v) is 8.24. The van der Waals surface area contributed by atoms with Crippen molar-refractivity contribution in [3.05, 3.63) is 64.7 Å². The first-order valence-corrected chi connectivity index (χ1v) is 9.29. The number of aromatic nitrogens is 2. The van der Waals surface area contributed by atoms with Crippen molar-refractivity contribution >= 4 is 11.0 Å². The number of hydrogen-bond donors (Lipinski definition) is 2. The summed E-state index contributed by atoms with van der Waals surface area (Å²) in [6, 6.07) is 8.58. The number of hydrogen-bond acceptors (Lipinski definition) is 3. The minimum atomic E-state index is -4.96. The minimum absolute atomic E-state index is 0.0399. The van der Waals surface area contributed by atoms with Gasteiger partial charge in [-0.15, -0.1) is 0 Å². The van der Waals surface area contributed by atoms with Crippen LogP contribution in [0.2, 0.25) is 0 Å². The maximum Gasteiger partial charge on any atom is 0.417 e. The summed E-state index contributed by atoms with van der Waals surface area (Å²) in [6.45, 7) is 4.78. The zero-order chi connectivity index (χ0) is 22.3. The number of nitrogens with zero attached hydrogens (tertiary/aromatic N) is 2. The molecule has 30 heavy (non-hydrogen) atoms. The molecule has 0 aliphatic heterocycles. The van der Waals surface area contributed by atoms with E-state index in [1.807, 2.05) is 6.07 Å². The Labute approximate surface area is 171 Å². The van der Waals surface area contributed by atoms with Crippen molar-refractivity contribution < 1.29 is 22.7 Å². The van der Waals surface area contributed by atoms with Gasteiger partial charge < -0.3 is 10.1 Å². The summed E-state index contributed by atoms with van der Waals surface area (Å²) in [4.78, 5) is 6.88. The van der Waals surface area contributed by atoms with Crippen molar-refractivity contribution in [3.8, 4) is 6.07 Å². The van der Waals surface area contributed by atoms with Gasteiger partial charge in [0.15, 0.2) is 5.60 Å². The van der Waals surface area contributed by atoms with Gasteiger partial charge in [0.25, 0.3) is 0 Å². The van der Waals surface area contributed by atoms with Crippen LogP contribution in [0.25, 0.3) is 11.0 Å². The van der Waals surface area contributed by atoms with Crippen LogP contribution in [0.1, 0.15) is 42.7 Å². The third-order valence-electron chi connectivity index (χ3n) is 5.39. The average Bonchev–Trinajstić information content (AvgIpc) is 3.11. The first-order chi connectivity index (χ1) is 13.9. The standard InChI is InChI=1S/C22H21F4N3O/c1-13-4-5-15(23)9-17(13)20(2,3)12-21(30,22(24,25)26)10-14-8-16(11-27)29-18-6-7-28-19(14)18/h4-9,28,30H,10,12H2,1-3H3. The predicted octanol–water partition coefficient (Wildman–Crippen LogP) is 5.09. The Balaban J connectivity index is 2.07. The number of nitriles is 1. The van der Waals surface area contributed by atoms with Crippen LogP contribution in [0.4, 0.5) is 17.6 Å². The molecule has 0 fully saturated rings. The van der Waals surface area contributed by atoms with E-state index in [1.165, 1.54) is 30.5 Å². The lowest BCUT2D eigenvalue weighted by molar-refractivity contribution is -0.266. The van der Waals surface area contributed by atoms with Crippen LogP contribution in [0, 0.1) is 24.1 Å². The molecule has 158 valence electrons.